The minimum absolute atomic E-state index is 0.0851. The van der Waals surface area contributed by atoms with Crippen molar-refractivity contribution in [2.24, 2.45) is 0 Å². The highest BCUT2D eigenvalue weighted by Gasteiger charge is 2.01. The van der Waals surface area contributed by atoms with Gasteiger partial charge < -0.3 is 10.4 Å². The zero-order chi connectivity index (χ0) is 13.7. The lowest BCUT2D eigenvalue weighted by molar-refractivity contribution is -0.136. The molecule has 100 valence electrons. The van der Waals surface area contributed by atoms with Gasteiger partial charge in [0.2, 0.25) is 0 Å². The monoisotopic (exact) mass is 275 g/mol. The Morgan fingerprint density at radius 3 is 2.42 bits per heavy atom. The van der Waals surface area contributed by atoms with E-state index < -0.39 is 5.97 Å². The number of rotatable bonds is 6. The number of carbonyl (C=O) groups is 1. The molecule has 2 N–H and O–H groups in total. The van der Waals surface area contributed by atoms with Crippen molar-refractivity contribution in [1.82, 2.24) is 5.32 Å². The smallest absolute Gasteiger partial charge is 0.307 e. The molecule has 0 fully saturated rings. The average Bonchev–Trinajstić information content (AvgIpc) is 2.77. The van der Waals surface area contributed by atoms with Gasteiger partial charge in [0.15, 0.2) is 0 Å². The van der Waals surface area contributed by atoms with Crippen LogP contribution in [0.4, 0.5) is 0 Å². The molecule has 0 saturated carbocycles. The molecule has 0 aliphatic heterocycles. The summed E-state index contributed by atoms with van der Waals surface area (Å²) in [6.07, 6.45) is 0.0851. The van der Waals surface area contributed by atoms with Crippen LogP contribution < -0.4 is 5.32 Å². The summed E-state index contributed by atoms with van der Waals surface area (Å²) in [4.78, 5) is 10.6. The molecular weight excluding hydrogens is 258 g/mol. The fourth-order valence-electron chi connectivity index (χ4n) is 1.86. The molecule has 0 saturated heterocycles. The van der Waals surface area contributed by atoms with E-state index >= 15 is 0 Å². The number of thiophene rings is 1. The lowest BCUT2D eigenvalue weighted by atomic mass is 10.1. The van der Waals surface area contributed by atoms with Crippen molar-refractivity contribution in [3.8, 4) is 0 Å². The number of benzene rings is 1. The van der Waals surface area contributed by atoms with Gasteiger partial charge in [-0.05, 0) is 39.9 Å². The fourth-order valence-corrected chi connectivity index (χ4v) is 2.72. The maximum absolute atomic E-state index is 10.6. The summed E-state index contributed by atoms with van der Waals surface area (Å²) >= 11 is 1.72. The highest BCUT2D eigenvalue weighted by atomic mass is 32.1. The third-order valence-corrected chi connectivity index (χ3v) is 3.89. The van der Waals surface area contributed by atoms with Crippen molar-refractivity contribution in [3.63, 3.8) is 0 Å². The second-order valence-electron chi connectivity index (χ2n) is 4.57. The van der Waals surface area contributed by atoms with Crippen molar-refractivity contribution >= 4 is 17.3 Å². The molecule has 0 aliphatic rings. The Labute approximate surface area is 116 Å². The highest BCUT2D eigenvalue weighted by molar-refractivity contribution is 7.08. The molecule has 19 heavy (non-hydrogen) atoms. The Morgan fingerprint density at radius 2 is 1.84 bits per heavy atom. The van der Waals surface area contributed by atoms with Crippen molar-refractivity contribution in [2.75, 3.05) is 0 Å². The molecule has 1 aromatic carbocycles. The second kappa shape index (κ2) is 6.50. The molecule has 1 aromatic heterocycles. The summed E-state index contributed by atoms with van der Waals surface area (Å²) in [7, 11) is 0. The standard InChI is InChI=1S/C15H17NO2S/c1-11-9-19-10-14(11)8-16-7-13-4-2-12(3-5-13)6-15(17)18/h2-5,9-10,16H,6-8H2,1H3,(H,17,18). The third kappa shape index (κ3) is 4.19. The Hall–Kier alpha value is -1.65. The average molecular weight is 275 g/mol. The van der Waals surface area contributed by atoms with Gasteiger partial charge in [0.05, 0.1) is 6.42 Å². The van der Waals surface area contributed by atoms with E-state index in [9.17, 15) is 4.79 Å². The third-order valence-electron chi connectivity index (χ3n) is 2.98. The van der Waals surface area contributed by atoms with Gasteiger partial charge in [-0.25, -0.2) is 0 Å². The van der Waals surface area contributed by atoms with E-state index in [1.165, 1.54) is 16.7 Å². The van der Waals surface area contributed by atoms with E-state index in [1.54, 1.807) is 11.3 Å². The van der Waals surface area contributed by atoms with Crippen LogP contribution in [0.5, 0.6) is 0 Å². The number of hydrogen-bond acceptors (Lipinski definition) is 3. The maximum Gasteiger partial charge on any atom is 0.307 e. The highest BCUT2D eigenvalue weighted by Crippen LogP contribution is 2.13. The Balaban J connectivity index is 1.83. The number of carboxylic acid groups (broad SMARTS) is 1. The normalized spacial score (nSPS) is 10.6. The Kier molecular flexibility index (Phi) is 4.71. The molecule has 3 nitrogen and oxygen atoms in total. The number of hydrogen-bond donors (Lipinski definition) is 2. The van der Waals surface area contributed by atoms with E-state index in [2.05, 4.69) is 23.0 Å². The van der Waals surface area contributed by atoms with Gasteiger partial charge >= 0.3 is 5.97 Å². The summed E-state index contributed by atoms with van der Waals surface area (Å²) in [5, 5.41) is 16.4. The lowest BCUT2D eigenvalue weighted by Gasteiger charge is -2.05. The first-order chi connectivity index (χ1) is 9.15. The van der Waals surface area contributed by atoms with Crippen molar-refractivity contribution in [2.45, 2.75) is 26.4 Å². The molecule has 2 rings (SSSR count). The van der Waals surface area contributed by atoms with Gasteiger partial charge in [-0.3, -0.25) is 4.79 Å². The van der Waals surface area contributed by atoms with E-state index in [1.807, 2.05) is 24.3 Å². The van der Waals surface area contributed by atoms with Crippen molar-refractivity contribution in [3.05, 3.63) is 57.3 Å². The predicted octanol–water partition coefficient (Wildman–Crippen LogP) is 2.97. The first-order valence-electron chi connectivity index (χ1n) is 6.17. The van der Waals surface area contributed by atoms with E-state index in [-0.39, 0.29) is 6.42 Å². The largest absolute Gasteiger partial charge is 0.481 e. The topological polar surface area (TPSA) is 49.3 Å². The summed E-state index contributed by atoms with van der Waals surface area (Å²) < 4.78 is 0. The van der Waals surface area contributed by atoms with E-state index in [0.717, 1.165) is 18.7 Å². The molecule has 0 radical (unpaired) electrons. The molecule has 0 bridgehead atoms. The SMILES string of the molecule is Cc1cscc1CNCc1ccc(CC(=O)O)cc1. The van der Waals surface area contributed by atoms with E-state index in [4.69, 9.17) is 5.11 Å². The predicted molar refractivity (Wildman–Crippen MR) is 77.4 cm³/mol. The van der Waals surface area contributed by atoms with Crippen molar-refractivity contribution < 1.29 is 9.90 Å². The lowest BCUT2D eigenvalue weighted by Crippen LogP contribution is -2.12. The van der Waals surface area contributed by atoms with Crippen LogP contribution in [0.15, 0.2) is 35.0 Å². The zero-order valence-electron chi connectivity index (χ0n) is 10.8. The molecule has 0 unspecified atom stereocenters. The number of carboxylic acids is 1. The van der Waals surface area contributed by atoms with Gasteiger partial charge in [-0.1, -0.05) is 24.3 Å². The van der Waals surface area contributed by atoms with Crippen LogP contribution in [0.1, 0.15) is 22.3 Å². The van der Waals surface area contributed by atoms with Crippen LogP contribution in [0, 0.1) is 6.92 Å². The van der Waals surface area contributed by atoms with Gasteiger partial charge in [0.25, 0.3) is 0 Å². The quantitative estimate of drug-likeness (QED) is 0.852. The first kappa shape index (κ1) is 13.8. The van der Waals surface area contributed by atoms with Crippen molar-refractivity contribution in [1.29, 1.82) is 0 Å². The molecule has 2 aromatic rings. The molecule has 4 heteroatoms. The van der Waals surface area contributed by atoms with Crippen LogP contribution in [0.25, 0.3) is 0 Å². The maximum atomic E-state index is 10.6. The Bertz CT molecular complexity index is 546. The molecular formula is C15H17NO2S. The molecule has 0 atom stereocenters. The molecule has 0 amide bonds. The van der Waals surface area contributed by atoms with Gasteiger partial charge in [0.1, 0.15) is 0 Å². The zero-order valence-corrected chi connectivity index (χ0v) is 11.7. The molecule has 0 spiro atoms. The second-order valence-corrected chi connectivity index (χ2v) is 5.31. The van der Waals surface area contributed by atoms with Crippen LogP contribution in [-0.2, 0) is 24.3 Å². The van der Waals surface area contributed by atoms with Gasteiger partial charge in [-0.2, -0.15) is 11.3 Å². The summed E-state index contributed by atoms with van der Waals surface area (Å²) in [5.74, 6) is -0.793. The summed E-state index contributed by atoms with van der Waals surface area (Å²) in [5.41, 5.74) is 4.67. The van der Waals surface area contributed by atoms with Gasteiger partial charge in [-0.15, -0.1) is 0 Å². The van der Waals surface area contributed by atoms with Crippen LogP contribution in [0.2, 0.25) is 0 Å². The van der Waals surface area contributed by atoms with Crippen LogP contribution >= 0.6 is 11.3 Å². The fraction of sp³-hybridized carbons (Fsp3) is 0.267. The number of nitrogens with one attached hydrogen (secondary N) is 1. The molecule has 1 heterocycles. The Morgan fingerprint density at radius 1 is 1.16 bits per heavy atom. The summed E-state index contributed by atoms with van der Waals surface area (Å²) in [6.45, 7) is 3.78. The van der Waals surface area contributed by atoms with E-state index in [0.29, 0.717) is 0 Å². The minimum atomic E-state index is -0.793. The minimum Gasteiger partial charge on any atom is -0.481 e. The summed E-state index contributed by atoms with van der Waals surface area (Å²) in [6, 6.07) is 7.71. The van der Waals surface area contributed by atoms with Crippen LogP contribution in [-0.4, -0.2) is 11.1 Å². The number of aliphatic carboxylic acids is 1. The number of aryl methyl sites for hydroxylation is 1. The molecule has 0 aliphatic carbocycles. The first-order valence-corrected chi connectivity index (χ1v) is 7.11. The van der Waals surface area contributed by atoms with Crippen LogP contribution in [0.3, 0.4) is 0 Å². The van der Waals surface area contributed by atoms with Gasteiger partial charge in [0, 0.05) is 13.1 Å².